The molecule has 0 aliphatic heterocycles. The Bertz CT molecular complexity index is 1050. The van der Waals surface area contributed by atoms with Gasteiger partial charge in [0.1, 0.15) is 17.2 Å². The van der Waals surface area contributed by atoms with E-state index in [4.69, 9.17) is 9.72 Å². The Hall–Kier alpha value is -3.60. The Balaban J connectivity index is 1.81. The van der Waals surface area contributed by atoms with E-state index in [9.17, 15) is 4.79 Å². The van der Waals surface area contributed by atoms with Gasteiger partial charge in [0, 0.05) is 17.4 Å². The summed E-state index contributed by atoms with van der Waals surface area (Å²) < 4.78 is 6.77. The smallest absolute Gasteiger partial charge is 0.337 e. The van der Waals surface area contributed by atoms with Crippen LogP contribution in [0.4, 0.5) is 11.5 Å². The maximum Gasteiger partial charge on any atom is 0.337 e. The number of hydrogen-bond acceptors (Lipinski definition) is 4. The monoisotopic (exact) mass is 343 g/mol. The van der Waals surface area contributed by atoms with Gasteiger partial charge in [0.15, 0.2) is 0 Å². The average Bonchev–Trinajstić information content (AvgIpc) is 3.07. The largest absolute Gasteiger partial charge is 0.465 e. The number of carbonyl (C=O) groups is 1. The van der Waals surface area contributed by atoms with Crippen LogP contribution in [0.2, 0.25) is 0 Å². The molecule has 0 saturated carbocycles. The first kappa shape index (κ1) is 15.9. The van der Waals surface area contributed by atoms with Gasteiger partial charge in [-0.15, -0.1) is 0 Å². The number of carbonyl (C=O) groups excluding carboxylic acids is 1. The quantitative estimate of drug-likeness (QED) is 0.553. The molecule has 128 valence electrons. The highest BCUT2D eigenvalue weighted by Gasteiger charge is 2.15. The molecule has 26 heavy (non-hydrogen) atoms. The summed E-state index contributed by atoms with van der Waals surface area (Å²) in [4.78, 5) is 16.4. The number of anilines is 2. The van der Waals surface area contributed by atoms with Crippen LogP contribution in [0.15, 0.2) is 79.0 Å². The number of para-hydroxylation sites is 1. The van der Waals surface area contributed by atoms with Crippen LogP contribution >= 0.6 is 0 Å². The van der Waals surface area contributed by atoms with Gasteiger partial charge in [-0.1, -0.05) is 36.4 Å². The zero-order valence-corrected chi connectivity index (χ0v) is 14.2. The Morgan fingerprint density at radius 3 is 2.42 bits per heavy atom. The number of imidazole rings is 1. The molecule has 2 heterocycles. The molecule has 0 aliphatic carbocycles. The van der Waals surface area contributed by atoms with Crippen LogP contribution in [0.25, 0.3) is 16.9 Å². The average molecular weight is 343 g/mol. The molecular formula is C21H17N3O2. The van der Waals surface area contributed by atoms with E-state index in [2.05, 4.69) is 5.32 Å². The van der Waals surface area contributed by atoms with Crippen molar-refractivity contribution in [2.24, 2.45) is 0 Å². The van der Waals surface area contributed by atoms with E-state index in [0.717, 1.165) is 28.4 Å². The maximum absolute atomic E-state index is 11.7. The second-order valence-electron chi connectivity index (χ2n) is 5.80. The molecule has 0 fully saturated rings. The minimum absolute atomic E-state index is 0.353. The summed E-state index contributed by atoms with van der Waals surface area (Å²) >= 11 is 0. The molecule has 0 amide bonds. The van der Waals surface area contributed by atoms with Gasteiger partial charge in [0.25, 0.3) is 0 Å². The van der Waals surface area contributed by atoms with Crippen molar-refractivity contribution < 1.29 is 9.53 Å². The first-order chi connectivity index (χ1) is 12.8. The molecule has 2 aromatic heterocycles. The van der Waals surface area contributed by atoms with E-state index in [1.165, 1.54) is 7.11 Å². The topological polar surface area (TPSA) is 55.6 Å². The summed E-state index contributed by atoms with van der Waals surface area (Å²) in [5.74, 6) is 0.520. The molecule has 0 bridgehead atoms. The van der Waals surface area contributed by atoms with Crippen LogP contribution in [0.3, 0.4) is 0 Å². The fourth-order valence-electron chi connectivity index (χ4n) is 2.86. The Morgan fingerprint density at radius 2 is 1.69 bits per heavy atom. The number of aromatic nitrogens is 2. The number of benzene rings is 2. The first-order valence-corrected chi connectivity index (χ1v) is 8.24. The minimum Gasteiger partial charge on any atom is -0.465 e. The van der Waals surface area contributed by atoms with Crippen molar-refractivity contribution >= 4 is 23.1 Å². The summed E-state index contributed by atoms with van der Waals surface area (Å²) in [6.45, 7) is 0. The van der Waals surface area contributed by atoms with Gasteiger partial charge < -0.3 is 10.1 Å². The molecule has 0 unspecified atom stereocenters. The summed E-state index contributed by atoms with van der Waals surface area (Å²) in [5.41, 5.74) is 4.07. The van der Waals surface area contributed by atoms with Gasteiger partial charge in [-0.25, -0.2) is 9.78 Å². The summed E-state index contributed by atoms with van der Waals surface area (Å²) in [5, 5.41) is 3.45. The van der Waals surface area contributed by atoms with Crippen molar-refractivity contribution in [2.45, 2.75) is 0 Å². The standard InChI is InChI=1S/C21H17N3O2/c1-26-21(25)16-12-10-15(11-13-16)19-20(22-17-7-3-2-4-8-17)24-14-6-5-9-18(24)23-19/h2-14,22H,1H3. The molecule has 0 atom stereocenters. The molecule has 5 heteroatoms. The van der Waals surface area contributed by atoms with Gasteiger partial charge in [-0.2, -0.15) is 0 Å². The van der Waals surface area contributed by atoms with E-state index >= 15 is 0 Å². The van der Waals surface area contributed by atoms with Crippen LogP contribution in [0.1, 0.15) is 10.4 Å². The van der Waals surface area contributed by atoms with Crippen LogP contribution in [0, 0.1) is 0 Å². The molecule has 0 radical (unpaired) electrons. The van der Waals surface area contributed by atoms with E-state index in [1.54, 1.807) is 12.1 Å². The van der Waals surface area contributed by atoms with Crippen LogP contribution in [0.5, 0.6) is 0 Å². The fourth-order valence-corrected chi connectivity index (χ4v) is 2.86. The Kier molecular flexibility index (Phi) is 4.11. The molecule has 1 N–H and O–H groups in total. The van der Waals surface area contributed by atoms with Crippen molar-refractivity contribution in [1.82, 2.24) is 9.38 Å². The molecular weight excluding hydrogens is 326 g/mol. The molecule has 5 nitrogen and oxygen atoms in total. The van der Waals surface area contributed by atoms with E-state index in [1.807, 2.05) is 71.3 Å². The van der Waals surface area contributed by atoms with E-state index < -0.39 is 0 Å². The minimum atomic E-state index is -0.353. The number of ether oxygens (including phenoxy) is 1. The van der Waals surface area contributed by atoms with Gasteiger partial charge >= 0.3 is 5.97 Å². The van der Waals surface area contributed by atoms with Crippen molar-refractivity contribution in [3.63, 3.8) is 0 Å². The van der Waals surface area contributed by atoms with Gasteiger partial charge in [-0.3, -0.25) is 4.40 Å². The lowest BCUT2D eigenvalue weighted by Crippen LogP contribution is -2.00. The van der Waals surface area contributed by atoms with E-state index in [-0.39, 0.29) is 5.97 Å². The number of fused-ring (bicyclic) bond motifs is 1. The molecule has 4 rings (SSSR count). The van der Waals surface area contributed by atoms with Crippen molar-refractivity contribution in [3.05, 3.63) is 84.6 Å². The van der Waals surface area contributed by atoms with Crippen LogP contribution in [-0.4, -0.2) is 22.5 Å². The molecule has 2 aromatic carbocycles. The number of hydrogen-bond donors (Lipinski definition) is 1. The summed E-state index contributed by atoms with van der Waals surface area (Å²) in [7, 11) is 1.38. The van der Waals surface area contributed by atoms with Gasteiger partial charge in [0.2, 0.25) is 0 Å². The highest BCUT2D eigenvalue weighted by atomic mass is 16.5. The second-order valence-corrected chi connectivity index (χ2v) is 5.80. The number of nitrogens with zero attached hydrogens (tertiary/aromatic N) is 2. The third kappa shape index (κ3) is 2.91. The first-order valence-electron chi connectivity index (χ1n) is 8.24. The third-order valence-electron chi connectivity index (χ3n) is 4.15. The molecule has 0 spiro atoms. The maximum atomic E-state index is 11.7. The second kappa shape index (κ2) is 6.72. The third-order valence-corrected chi connectivity index (χ3v) is 4.15. The molecule has 0 aliphatic rings. The SMILES string of the molecule is COC(=O)c1ccc(-c2nc3ccccn3c2Nc2ccccc2)cc1. The van der Waals surface area contributed by atoms with Crippen molar-refractivity contribution in [1.29, 1.82) is 0 Å². The van der Waals surface area contributed by atoms with Crippen molar-refractivity contribution in [2.75, 3.05) is 12.4 Å². The van der Waals surface area contributed by atoms with Gasteiger partial charge in [-0.05, 0) is 36.4 Å². The van der Waals surface area contributed by atoms with E-state index in [0.29, 0.717) is 5.56 Å². The summed E-state index contributed by atoms with van der Waals surface area (Å²) in [6, 6.07) is 23.1. The van der Waals surface area contributed by atoms with Crippen LogP contribution in [-0.2, 0) is 4.74 Å². The number of methoxy groups -OCH3 is 1. The highest BCUT2D eigenvalue weighted by molar-refractivity contribution is 5.90. The van der Waals surface area contributed by atoms with Crippen molar-refractivity contribution in [3.8, 4) is 11.3 Å². The normalized spacial score (nSPS) is 10.7. The predicted molar refractivity (Wildman–Crippen MR) is 102 cm³/mol. The Morgan fingerprint density at radius 1 is 0.962 bits per heavy atom. The number of pyridine rings is 1. The molecule has 0 saturated heterocycles. The molecule has 4 aromatic rings. The Labute approximate surface area is 150 Å². The number of nitrogens with one attached hydrogen (secondary N) is 1. The summed E-state index contributed by atoms with van der Waals surface area (Å²) in [6.07, 6.45) is 1.97. The lowest BCUT2D eigenvalue weighted by atomic mass is 10.1. The zero-order chi connectivity index (χ0) is 17.9. The number of esters is 1. The lowest BCUT2D eigenvalue weighted by Gasteiger charge is -2.09. The lowest BCUT2D eigenvalue weighted by molar-refractivity contribution is 0.0601. The zero-order valence-electron chi connectivity index (χ0n) is 14.2. The number of rotatable bonds is 4. The van der Waals surface area contributed by atoms with Crippen LogP contribution < -0.4 is 5.32 Å². The fraction of sp³-hybridized carbons (Fsp3) is 0.0476. The highest BCUT2D eigenvalue weighted by Crippen LogP contribution is 2.31. The predicted octanol–water partition coefficient (Wildman–Crippen LogP) is 4.53. The van der Waals surface area contributed by atoms with Gasteiger partial charge in [0.05, 0.1) is 12.7 Å².